The van der Waals surface area contributed by atoms with E-state index in [2.05, 4.69) is 15.9 Å². The Morgan fingerprint density at radius 1 is 1.12 bits per heavy atom. The number of furan rings is 1. The Morgan fingerprint density at radius 2 is 1.85 bits per heavy atom. The van der Waals surface area contributed by atoms with Crippen LogP contribution in [0, 0.1) is 10.1 Å². The normalized spacial score (nSPS) is 11.0. The molecule has 7 heteroatoms. The third kappa shape index (κ3) is 4.09. The van der Waals surface area contributed by atoms with Gasteiger partial charge in [0.2, 0.25) is 0 Å². The number of nitro groups is 1. The first-order valence-corrected chi connectivity index (χ1v) is 8.63. The second-order valence-corrected chi connectivity index (χ2v) is 6.62. The van der Waals surface area contributed by atoms with Crippen LogP contribution >= 0.6 is 27.5 Å². The van der Waals surface area contributed by atoms with E-state index in [1.54, 1.807) is 48.5 Å². The number of hydrogen-bond acceptors (Lipinski definition) is 4. The summed E-state index contributed by atoms with van der Waals surface area (Å²) in [6, 6.07) is 14.5. The minimum atomic E-state index is -0.465. The number of allylic oxidation sites excluding steroid dienone is 1. The molecular weight excluding hydrogens is 422 g/mol. The van der Waals surface area contributed by atoms with Crippen LogP contribution in [0.25, 0.3) is 17.4 Å². The summed E-state index contributed by atoms with van der Waals surface area (Å²) in [5.74, 6) is 0.856. The van der Waals surface area contributed by atoms with Gasteiger partial charge in [0.15, 0.2) is 5.78 Å². The smallest absolute Gasteiger partial charge is 0.270 e. The van der Waals surface area contributed by atoms with E-state index in [0.29, 0.717) is 32.1 Å². The zero-order valence-electron chi connectivity index (χ0n) is 13.2. The summed E-state index contributed by atoms with van der Waals surface area (Å²) in [4.78, 5) is 22.5. The van der Waals surface area contributed by atoms with Gasteiger partial charge in [-0.3, -0.25) is 14.9 Å². The Balaban J connectivity index is 1.78. The number of halogens is 2. The third-order valence-electron chi connectivity index (χ3n) is 3.58. The molecule has 2 aromatic carbocycles. The van der Waals surface area contributed by atoms with E-state index in [0.717, 1.165) is 0 Å². The maximum Gasteiger partial charge on any atom is 0.270 e. The average molecular weight is 433 g/mol. The van der Waals surface area contributed by atoms with Crippen LogP contribution in [0.1, 0.15) is 16.1 Å². The summed E-state index contributed by atoms with van der Waals surface area (Å²) in [6.07, 6.45) is 2.98. The topological polar surface area (TPSA) is 73.3 Å². The van der Waals surface area contributed by atoms with Gasteiger partial charge in [-0.2, -0.15) is 0 Å². The van der Waals surface area contributed by atoms with Gasteiger partial charge in [0.25, 0.3) is 5.69 Å². The lowest BCUT2D eigenvalue weighted by atomic mass is 10.1. The van der Waals surface area contributed by atoms with Crippen LogP contribution in [0.3, 0.4) is 0 Å². The molecule has 0 aliphatic carbocycles. The van der Waals surface area contributed by atoms with Crippen LogP contribution in [0.5, 0.6) is 0 Å². The number of nitrogens with zero attached hydrogens (tertiary/aromatic N) is 1. The third-order valence-corrected chi connectivity index (χ3v) is 4.49. The molecule has 0 unspecified atom stereocenters. The van der Waals surface area contributed by atoms with Gasteiger partial charge in [0.1, 0.15) is 11.5 Å². The molecule has 1 aromatic heterocycles. The molecule has 3 rings (SSSR count). The largest absolute Gasteiger partial charge is 0.457 e. The molecule has 26 heavy (non-hydrogen) atoms. The van der Waals surface area contributed by atoms with Gasteiger partial charge in [0, 0.05) is 32.8 Å². The lowest BCUT2D eigenvalue weighted by Gasteiger charge is -2.00. The van der Waals surface area contributed by atoms with Crippen LogP contribution in [0.15, 0.2) is 69.6 Å². The van der Waals surface area contributed by atoms with Crippen molar-refractivity contribution >= 4 is 45.1 Å². The standard InChI is InChI=1S/C19H11BrClNO4/c20-17-11-14(22(24)25)5-8-16(17)19-10-7-15(26-19)6-9-18(23)12-1-3-13(21)4-2-12/h1-11H. The minimum Gasteiger partial charge on any atom is -0.457 e. The van der Waals surface area contributed by atoms with Crippen molar-refractivity contribution in [1.82, 2.24) is 0 Å². The van der Waals surface area contributed by atoms with Crippen molar-refractivity contribution in [1.29, 1.82) is 0 Å². The van der Waals surface area contributed by atoms with Gasteiger partial charge in [-0.25, -0.2) is 0 Å². The molecule has 0 radical (unpaired) electrons. The number of benzene rings is 2. The second kappa shape index (κ2) is 7.68. The van der Waals surface area contributed by atoms with E-state index < -0.39 is 4.92 Å². The van der Waals surface area contributed by atoms with E-state index >= 15 is 0 Å². The van der Waals surface area contributed by atoms with Gasteiger partial charge in [-0.15, -0.1) is 0 Å². The number of ketones is 1. The molecule has 0 saturated heterocycles. The highest BCUT2D eigenvalue weighted by Gasteiger charge is 2.13. The summed E-state index contributed by atoms with van der Waals surface area (Å²) in [7, 11) is 0. The summed E-state index contributed by atoms with van der Waals surface area (Å²) in [5, 5.41) is 11.4. The molecule has 0 N–H and O–H groups in total. The fourth-order valence-corrected chi connectivity index (χ4v) is 2.96. The summed E-state index contributed by atoms with van der Waals surface area (Å²) < 4.78 is 6.25. The zero-order valence-corrected chi connectivity index (χ0v) is 15.5. The highest BCUT2D eigenvalue weighted by Crippen LogP contribution is 2.32. The van der Waals surface area contributed by atoms with E-state index in [9.17, 15) is 14.9 Å². The molecule has 0 fully saturated rings. The number of carbonyl (C=O) groups is 1. The SMILES string of the molecule is O=C(C=Cc1ccc(-c2ccc([N+](=O)[O-])cc2Br)o1)c1ccc(Cl)cc1. The van der Waals surface area contributed by atoms with Crippen molar-refractivity contribution in [2.45, 2.75) is 0 Å². The van der Waals surface area contributed by atoms with Gasteiger partial charge in [-0.05, 0) is 70.5 Å². The lowest BCUT2D eigenvalue weighted by Crippen LogP contribution is -1.92. The molecular formula is C19H11BrClNO4. The lowest BCUT2D eigenvalue weighted by molar-refractivity contribution is -0.384. The molecule has 0 bridgehead atoms. The Labute approximate surface area is 162 Å². The van der Waals surface area contributed by atoms with Gasteiger partial charge in [-0.1, -0.05) is 11.6 Å². The van der Waals surface area contributed by atoms with E-state index in [1.165, 1.54) is 18.2 Å². The Bertz CT molecular complexity index is 1010. The monoisotopic (exact) mass is 431 g/mol. The molecule has 0 aliphatic heterocycles. The number of nitro benzene ring substituents is 1. The van der Waals surface area contributed by atoms with Gasteiger partial charge in [0.05, 0.1) is 4.92 Å². The van der Waals surface area contributed by atoms with Crippen molar-refractivity contribution < 1.29 is 14.1 Å². The molecule has 0 spiro atoms. The molecule has 130 valence electrons. The van der Waals surface area contributed by atoms with Crippen molar-refractivity contribution in [3.63, 3.8) is 0 Å². The zero-order chi connectivity index (χ0) is 18.7. The fourth-order valence-electron chi connectivity index (χ4n) is 2.27. The van der Waals surface area contributed by atoms with Crippen molar-refractivity contribution in [3.05, 3.63) is 91.6 Å². The predicted molar refractivity (Wildman–Crippen MR) is 103 cm³/mol. The second-order valence-electron chi connectivity index (χ2n) is 5.33. The minimum absolute atomic E-state index is 0.0131. The molecule has 3 aromatic rings. The highest BCUT2D eigenvalue weighted by atomic mass is 79.9. The number of rotatable bonds is 5. The molecule has 1 heterocycles. The number of hydrogen-bond donors (Lipinski definition) is 0. The van der Waals surface area contributed by atoms with E-state index in [4.69, 9.17) is 16.0 Å². The van der Waals surface area contributed by atoms with Crippen LogP contribution < -0.4 is 0 Å². The van der Waals surface area contributed by atoms with E-state index in [1.807, 2.05) is 0 Å². The fraction of sp³-hybridized carbons (Fsp3) is 0. The summed E-state index contributed by atoms with van der Waals surface area (Å²) in [5.41, 5.74) is 1.19. The number of non-ortho nitro benzene ring substituents is 1. The first kappa shape index (κ1) is 18.1. The quantitative estimate of drug-likeness (QED) is 0.209. The molecule has 0 amide bonds. The maximum atomic E-state index is 12.1. The first-order chi connectivity index (χ1) is 12.4. The molecule has 0 atom stereocenters. The highest BCUT2D eigenvalue weighted by molar-refractivity contribution is 9.10. The number of carbonyl (C=O) groups excluding carboxylic acids is 1. The predicted octanol–water partition coefficient (Wildman–Crippen LogP) is 6.17. The summed E-state index contributed by atoms with van der Waals surface area (Å²) >= 11 is 9.12. The Kier molecular flexibility index (Phi) is 5.35. The van der Waals surface area contributed by atoms with Crippen LogP contribution in [-0.4, -0.2) is 10.7 Å². The van der Waals surface area contributed by atoms with Crippen molar-refractivity contribution in [3.8, 4) is 11.3 Å². The van der Waals surface area contributed by atoms with Crippen molar-refractivity contribution in [2.24, 2.45) is 0 Å². The molecule has 0 aliphatic rings. The molecule has 0 saturated carbocycles. The van der Waals surface area contributed by atoms with Gasteiger partial charge < -0.3 is 4.42 Å². The molecule has 5 nitrogen and oxygen atoms in total. The van der Waals surface area contributed by atoms with Gasteiger partial charge >= 0.3 is 0 Å². The average Bonchev–Trinajstić information content (AvgIpc) is 3.08. The van der Waals surface area contributed by atoms with E-state index in [-0.39, 0.29) is 11.5 Å². The maximum absolute atomic E-state index is 12.1. The van der Waals surface area contributed by atoms with Crippen molar-refractivity contribution in [2.75, 3.05) is 0 Å². The summed E-state index contributed by atoms with van der Waals surface area (Å²) in [6.45, 7) is 0. The van der Waals surface area contributed by atoms with Crippen LogP contribution in [0.2, 0.25) is 5.02 Å². The van der Waals surface area contributed by atoms with Crippen LogP contribution in [0.4, 0.5) is 5.69 Å². The Hall–Kier alpha value is -2.70. The first-order valence-electron chi connectivity index (χ1n) is 7.46. The van der Waals surface area contributed by atoms with Crippen LogP contribution in [-0.2, 0) is 0 Å². The Morgan fingerprint density at radius 3 is 2.50 bits per heavy atom.